The Hall–Kier alpha value is -2.12. The zero-order valence-corrected chi connectivity index (χ0v) is 17.1. The van der Waals surface area contributed by atoms with Crippen LogP contribution in [0.3, 0.4) is 0 Å². The highest BCUT2D eigenvalue weighted by molar-refractivity contribution is 7.92. The van der Waals surface area contributed by atoms with Crippen molar-refractivity contribution in [2.75, 3.05) is 4.72 Å². The van der Waals surface area contributed by atoms with Crippen molar-refractivity contribution in [2.45, 2.75) is 45.6 Å². The summed E-state index contributed by atoms with van der Waals surface area (Å²) in [5.41, 5.74) is 3.85. The summed E-state index contributed by atoms with van der Waals surface area (Å²) in [5, 5.41) is 0. The predicted octanol–water partition coefficient (Wildman–Crippen LogP) is 4.37. The fourth-order valence-corrected chi connectivity index (χ4v) is 5.58. The van der Waals surface area contributed by atoms with Gasteiger partial charge in [0.15, 0.2) is 0 Å². The maximum Gasteiger partial charge on any atom is 0.308 e. The normalized spacial score (nSPS) is 12.1. The monoisotopic (exact) mass is 390 g/mol. The number of aryl methyl sites for hydroxylation is 2. The molecule has 0 fully saturated rings. The molecule has 1 N–H and O–H groups in total. The molecule has 5 nitrogen and oxygen atoms in total. The van der Waals surface area contributed by atoms with E-state index in [0.717, 1.165) is 38.2 Å². The summed E-state index contributed by atoms with van der Waals surface area (Å²) in [4.78, 5) is 12.4. The van der Waals surface area contributed by atoms with Crippen LogP contribution in [-0.2, 0) is 10.0 Å². The first-order chi connectivity index (χ1) is 12.1. The molecule has 0 atom stereocenters. The minimum absolute atomic E-state index is 0.0415. The molecule has 0 amide bonds. The minimum atomic E-state index is -3.71. The number of aromatic nitrogens is 1. The molecule has 3 rings (SSSR count). The van der Waals surface area contributed by atoms with E-state index in [4.69, 9.17) is 0 Å². The second kappa shape index (κ2) is 6.55. The molecule has 1 heterocycles. The van der Waals surface area contributed by atoms with Crippen LogP contribution in [0.5, 0.6) is 0 Å². The molecule has 26 heavy (non-hydrogen) atoms. The van der Waals surface area contributed by atoms with Crippen LogP contribution in [0.4, 0.5) is 5.69 Å². The Morgan fingerprint density at radius 1 is 1.08 bits per heavy atom. The van der Waals surface area contributed by atoms with Gasteiger partial charge in [-0.25, -0.2) is 8.42 Å². The number of rotatable bonds is 4. The van der Waals surface area contributed by atoms with Gasteiger partial charge in [-0.3, -0.25) is 14.1 Å². The molecular weight excluding hydrogens is 368 g/mol. The highest BCUT2D eigenvalue weighted by Gasteiger charge is 2.19. The lowest BCUT2D eigenvalue weighted by molar-refractivity contribution is 0.600. The third-order valence-electron chi connectivity index (χ3n) is 4.44. The molecule has 0 aliphatic carbocycles. The Kier molecular flexibility index (Phi) is 4.71. The summed E-state index contributed by atoms with van der Waals surface area (Å²) in [7, 11) is -3.71. The van der Waals surface area contributed by atoms with Crippen molar-refractivity contribution >= 4 is 37.3 Å². The Labute approximate surface area is 157 Å². The summed E-state index contributed by atoms with van der Waals surface area (Å²) in [6.45, 7) is 9.49. The van der Waals surface area contributed by atoms with E-state index >= 15 is 0 Å². The number of sulfonamides is 1. The molecule has 0 aliphatic heterocycles. The van der Waals surface area contributed by atoms with Crippen molar-refractivity contribution in [1.82, 2.24) is 4.57 Å². The first-order valence-corrected chi connectivity index (χ1v) is 10.7. The van der Waals surface area contributed by atoms with Gasteiger partial charge in [0, 0.05) is 6.04 Å². The molecule has 1 aromatic heterocycles. The van der Waals surface area contributed by atoms with E-state index in [1.165, 1.54) is 0 Å². The number of nitrogens with one attached hydrogen (secondary N) is 1. The van der Waals surface area contributed by atoms with Crippen LogP contribution in [0.25, 0.3) is 10.2 Å². The number of anilines is 1. The van der Waals surface area contributed by atoms with E-state index in [-0.39, 0.29) is 15.8 Å². The van der Waals surface area contributed by atoms with E-state index in [1.54, 1.807) is 35.8 Å². The number of hydrogen-bond acceptors (Lipinski definition) is 4. The zero-order valence-electron chi connectivity index (χ0n) is 15.5. The van der Waals surface area contributed by atoms with E-state index < -0.39 is 10.0 Å². The van der Waals surface area contributed by atoms with E-state index in [9.17, 15) is 13.2 Å². The molecule has 0 radical (unpaired) electrons. The minimum Gasteiger partial charge on any atom is -0.296 e. The molecule has 0 saturated heterocycles. The van der Waals surface area contributed by atoms with Gasteiger partial charge in [-0.1, -0.05) is 17.4 Å². The smallest absolute Gasteiger partial charge is 0.296 e. The number of benzene rings is 2. The van der Waals surface area contributed by atoms with Gasteiger partial charge < -0.3 is 0 Å². The molecule has 0 spiro atoms. The molecule has 138 valence electrons. The standard InChI is InChI=1S/C19H22N2O3S2/c1-11(2)21-16-7-6-15(10-17(16)25-19(21)22)20-26(23,24)18-9-12(3)8-13(4)14(18)5/h6-11,20H,1-5H3. The SMILES string of the molecule is Cc1cc(C)c(C)c(S(=O)(=O)Nc2ccc3c(c2)sc(=O)n3C(C)C)c1. The Bertz CT molecular complexity index is 1160. The van der Waals surface area contributed by atoms with E-state index in [2.05, 4.69) is 4.72 Å². The Morgan fingerprint density at radius 3 is 2.42 bits per heavy atom. The highest BCUT2D eigenvalue weighted by Crippen LogP contribution is 2.27. The van der Waals surface area contributed by atoms with Gasteiger partial charge >= 0.3 is 4.87 Å². The summed E-state index contributed by atoms with van der Waals surface area (Å²) >= 11 is 1.12. The maximum atomic E-state index is 12.9. The van der Waals surface area contributed by atoms with Crippen LogP contribution in [0, 0.1) is 20.8 Å². The second-order valence-electron chi connectivity index (χ2n) is 6.82. The molecule has 7 heteroatoms. The van der Waals surface area contributed by atoms with Gasteiger partial charge in [0.05, 0.1) is 20.8 Å². The second-order valence-corrected chi connectivity index (χ2v) is 9.47. The molecule has 2 aromatic carbocycles. The van der Waals surface area contributed by atoms with Crippen LogP contribution >= 0.6 is 11.3 Å². The fourth-order valence-electron chi connectivity index (χ4n) is 3.08. The fraction of sp³-hybridized carbons (Fsp3) is 0.316. The van der Waals surface area contributed by atoms with Gasteiger partial charge in [-0.2, -0.15) is 0 Å². The number of thiazole rings is 1. The number of hydrogen-bond donors (Lipinski definition) is 1. The molecule has 3 aromatic rings. The van der Waals surface area contributed by atoms with Gasteiger partial charge in [-0.05, 0) is 75.6 Å². The lowest BCUT2D eigenvalue weighted by Gasteiger charge is -2.13. The van der Waals surface area contributed by atoms with Crippen molar-refractivity contribution in [3.8, 4) is 0 Å². The van der Waals surface area contributed by atoms with E-state index in [0.29, 0.717) is 5.69 Å². The lowest BCUT2D eigenvalue weighted by atomic mass is 10.1. The Morgan fingerprint density at radius 2 is 1.77 bits per heavy atom. The Balaban J connectivity index is 2.05. The van der Waals surface area contributed by atoms with E-state index in [1.807, 2.05) is 33.8 Å². The van der Waals surface area contributed by atoms with Crippen molar-refractivity contribution in [2.24, 2.45) is 0 Å². The number of fused-ring (bicyclic) bond motifs is 1. The summed E-state index contributed by atoms with van der Waals surface area (Å²) in [5.74, 6) is 0. The quantitative estimate of drug-likeness (QED) is 0.719. The maximum absolute atomic E-state index is 12.9. The molecule has 0 aliphatic rings. The largest absolute Gasteiger partial charge is 0.308 e. The van der Waals surface area contributed by atoms with Crippen LogP contribution in [0.1, 0.15) is 36.6 Å². The van der Waals surface area contributed by atoms with Crippen molar-refractivity contribution in [3.05, 3.63) is 56.7 Å². The number of nitrogens with zero attached hydrogens (tertiary/aromatic N) is 1. The van der Waals surface area contributed by atoms with Crippen LogP contribution in [0.15, 0.2) is 40.0 Å². The van der Waals surface area contributed by atoms with Gasteiger partial charge in [0.2, 0.25) is 0 Å². The van der Waals surface area contributed by atoms with Crippen molar-refractivity contribution in [3.63, 3.8) is 0 Å². The third-order valence-corrected chi connectivity index (χ3v) is 6.86. The molecular formula is C19H22N2O3S2. The summed E-state index contributed by atoms with van der Waals surface area (Å²) in [6.07, 6.45) is 0. The van der Waals surface area contributed by atoms with Crippen molar-refractivity contribution in [1.29, 1.82) is 0 Å². The average Bonchev–Trinajstić information content (AvgIpc) is 2.85. The van der Waals surface area contributed by atoms with Gasteiger partial charge in [0.25, 0.3) is 10.0 Å². The summed E-state index contributed by atoms with van der Waals surface area (Å²) < 4.78 is 30.9. The molecule has 0 unspecified atom stereocenters. The van der Waals surface area contributed by atoms with Crippen LogP contribution in [-0.4, -0.2) is 13.0 Å². The topological polar surface area (TPSA) is 68.2 Å². The first kappa shape index (κ1) is 18.7. The van der Waals surface area contributed by atoms with Crippen molar-refractivity contribution < 1.29 is 8.42 Å². The van der Waals surface area contributed by atoms with Gasteiger partial charge in [0.1, 0.15) is 0 Å². The lowest BCUT2D eigenvalue weighted by Crippen LogP contribution is -2.15. The third kappa shape index (κ3) is 3.29. The molecule has 0 saturated carbocycles. The molecule has 0 bridgehead atoms. The average molecular weight is 391 g/mol. The van der Waals surface area contributed by atoms with Crippen LogP contribution < -0.4 is 9.60 Å². The predicted molar refractivity (Wildman–Crippen MR) is 108 cm³/mol. The first-order valence-electron chi connectivity index (χ1n) is 8.36. The zero-order chi connectivity index (χ0) is 19.2. The van der Waals surface area contributed by atoms with Gasteiger partial charge in [-0.15, -0.1) is 0 Å². The van der Waals surface area contributed by atoms with Crippen LogP contribution in [0.2, 0.25) is 0 Å². The highest BCUT2D eigenvalue weighted by atomic mass is 32.2. The summed E-state index contributed by atoms with van der Waals surface area (Å²) in [6, 6.07) is 8.90.